The standard InChI is InChI=1S/C21H24N2O3/c1-14(2)21(25)23-10-9-15-7-8-18(11-17(15)13-23)22-20(24)16-5-4-6-19(12-16)26-3/h4-8,11-12,14H,9-10,13H2,1-3H3,(H,22,24). The smallest absolute Gasteiger partial charge is 0.255 e. The van der Waals surface area contributed by atoms with Crippen LogP contribution >= 0.6 is 0 Å². The minimum atomic E-state index is -0.185. The third-order valence-corrected chi connectivity index (χ3v) is 4.61. The maximum Gasteiger partial charge on any atom is 0.255 e. The molecule has 0 saturated carbocycles. The first-order valence-corrected chi connectivity index (χ1v) is 8.84. The van der Waals surface area contributed by atoms with Crippen LogP contribution in [0.15, 0.2) is 42.5 Å². The van der Waals surface area contributed by atoms with Crippen molar-refractivity contribution in [2.75, 3.05) is 19.0 Å². The molecule has 0 unspecified atom stereocenters. The zero-order valence-corrected chi connectivity index (χ0v) is 15.4. The van der Waals surface area contributed by atoms with E-state index in [4.69, 9.17) is 4.74 Å². The van der Waals surface area contributed by atoms with E-state index in [0.29, 0.717) is 17.9 Å². The summed E-state index contributed by atoms with van der Waals surface area (Å²) >= 11 is 0. The van der Waals surface area contributed by atoms with Crippen molar-refractivity contribution < 1.29 is 14.3 Å². The van der Waals surface area contributed by atoms with Gasteiger partial charge in [-0.3, -0.25) is 9.59 Å². The topological polar surface area (TPSA) is 58.6 Å². The van der Waals surface area contributed by atoms with Gasteiger partial charge >= 0.3 is 0 Å². The fourth-order valence-corrected chi connectivity index (χ4v) is 3.16. The predicted octanol–water partition coefficient (Wildman–Crippen LogP) is 3.49. The molecule has 0 saturated heterocycles. The van der Waals surface area contributed by atoms with Gasteiger partial charge in [0.1, 0.15) is 5.75 Å². The molecule has 5 heteroatoms. The van der Waals surface area contributed by atoms with E-state index in [-0.39, 0.29) is 17.7 Å². The van der Waals surface area contributed by atoms with E-state index in [1.807, 2.05) is 36.9 Å². The number of carbonyl (C=O) groups excluding carboxylic acids is 2. The summed E-state index contributed by atoms with van der Waals surface area (Å²) in [5.41, 5.74) is 3.60. The number of nitrogens with zero attached hydrogens (tertiary/aromatic N) is 1. The number of anilines is 1. The maximum absolute atomic E-state index is 12.5. The van der Waals surface area contributed by atoms with Crippen LogP contribution in [0.25, 0.3) is 0 Å². The number of nitrogens with one attached hydrogen (secondary N) is 1. The summed E-state index contributed by atoms with van der Waals surface area (Å²) in [4.78, 5) is 26.6. The minimum Gasteiger partial charge on any atom is -0.497 e. The lowest BCUT2D eigenvalue weighted by Gasteiger charge is -2.30. The Morgan fingerprint density at radius 2 is 1.92 bits per heavy atom. The lowest BCUT2D eigenvalue weighted by atomic mass is 9.98. The Kier molecular flexibility index (Phi) is 5.26. The number of amides is 2. The Labute approximate surface area is 154 Å². The average molecular weight is 352 g/mol. The first-order valence-electron chi connectivity index (χ1n) is 8.84. The van der Waals surface area contributed by atoms with Gasteiger partial charge in [-0.1, -0.05) is 26.0 Å². The van der Waals surface area contributed by atoms with Crippen molar-refractivity contribution in [2.24, 2.45) is 5.92 Å². The van der Waals surface area contributed by atoms with Gasteiger partial charge in [-0.15, -0.1) is 0 Å². The van der Waals surface area contributed by atoms with Crippen LogP contribution in [-0.4, -0.2) is 30.4 Å². The van der Waals surface area contributed by atoms with Crippen LogP contribution in [0, 0.1) is 5.92 Å². The molecule has 0 fully saturated rings. The van der Waals surface area contributed by atoms with Gasteiger partial charge in [-0.05, 0) is 47.9 Å². The van der Waals surface area contributed by atoms with Gasteiger partial charge in [0.15, 0.2) is 0 Å². The summed E-state index contributed by atoms with van der Waals surface area (Å²) in [5.74, 6) is 0.620. The molecule has 0 aliphatic carbocycles. The second-order valence-electron chi connectivity index (χ2n) is 6.83. The van der Waals surface area contributed by atoms with Crippen molar-refractivity contribution in [3.63, 3.8) is 0 Å². The summed E-state index contributed by atoms with van der Waals surface area (Å²) in [5, 5.41) is 2.93. The molecule has 0 atom stereocenters. The molecule has 0 bridgehead atoms. The Morgan fingerprint density at radius 3 is 2.65 bits per heavy atom. The highest BCUT2D eigenvalue weighted by Gasteiger charge is 2.22. The Morgan fingerprint density at radius 1 is 1.12 bits per heavy atom. The first-order chi connectivity index (χ1) is 12.5. The van der Waals surface area contributed by atoms with Crippen molar-refractivity contribution in [1.82, 2.24) is 4.90 Å². The zero-order chi connectivity index (χ0) is 18.7. The summed E-state index contributed by atoms with van der Waals surface area (Å²) in [6.07, 6.45) is 0.845. The van der Waals surface area contributed by atoms with E-state index < -0.39 is 0 Å². The van der Waals surface area contributed by atoms with Crippen LogP contribution in [-0.2, 0) is 17.8 Å². The Balaban J connectivity index is 1.75. The molecule has 0 radical (unpaired) electrons. The maximum atomic E-state index is 12.5. The number of hydrogen-bond acceptors (Lipinski definition) is 3. The highest BCUT2D eigenvalue weighted by molar-refractivity contribution is 6.04. The monoisotopic (exact) mass is 352 g/mol. The van der Waals surface area contributed by atoms with Gasteiger partial charge in [0.25, 0.3) is 5.91 Å². The summed E-state index contributed by atoms with van der Waals surface area (Å²) in [7, 11) is 1.57. The van der Waals surface area contributed by atoms with Crippen LogP contribution < -0.4 is 10.1 Å². The average Bonchev–Trinajstić information content (AvgIpc) is 2.66. The first kappa shape index (κ1) is 18.0. The second kappa shape index (κ2) is 7.60. The lowest BCUT2D eigenvalue weighted by molar-refractivity contribution is -0.135. The van der Waals surface area contributed by atoms with E-state index in [1.165, 1.54) is 5.56 Å². The molecule has 1 heterocycles. The Hall–Kier alpha value is -2.82. The molecule has 2 aromatic carbocycles. The predicted molar refractivity (Wildman–Crippen MR) is 101 cm³/mol. The molecule has 5 nitrogen and oxygen atoms in total. The fourth-order valence-electron chi connectivity index (χ4n) is 3.16. The van der Waals surface area contributed by atoms with E-state index in [2.05, 4.69) is 5.32 Å². The third-order valence-electron chi connectivity index (χ3n) is 4.61. The van der Waals surface area contributed by atoms with Crippen LogP contribution in [0.1, 0.15) is 35.3 Å². The quantitative estimate of drug-likeness (QED) is 0.916. The molecule has 136 valence electrons. The normalized spacial score (nSPS) is 13.3. The molecular weight excluding hydrogens is 328 g/mol. The van der Waals surface area contributed by atoms with Gasteiger partial charge in [0.2, 0.25) is 5.91 Å². The van der Waals surface area contributed by atoms with E-state index in [1.54, 1.807) is 31.4 Å². The summed E-state index contributed by atoms with van der Waals surface area (Å²) < 4.78 is 5.17. The number of ether oxygens (including phenoxy) is 1. The van der Waals surface area contributed by atoms with Gasteiger partial charge < -0.3 is 15.0 Å². The SMILES string of the molecule is COc1cccc(C(=O)Nc2ccc3c(c2)CN(C(=O)C(C)C)CC3)c1. The number of carbonyl (C=O) groups is 2. The third kappa shape index (κ3) is 3.87. The molecular formula is C21H24N2O3. The molecule has 1 aliphatic rings. The largest absolute Gasteiger partial charge is 0.497 e. The van der Waals surface area contributed by atoms with Gasteiger partial charge in [0.05, 0.1) is 7.11 Å². The van der Waals surface area contributed by atoms with Crippen LogP contribution in [0.2, 0.25) is 0 Å². The van der Waals surface area contributed by atoms with E-state index >= 15 is 0 Å². The molecule has 0 spiro atoms. The minimum absolute atomic E-state index is 0.00695. The van der Waals surface area contributed by atoms with Crippen molar-refractivity contribution in [2.45, 2.75) is 26.8 Å². The molecule has 0 aromatic heterocycles. The van der Waals surface area contributed by atoms with Crippen LogP contribution in [0.4, 0.5) is 5.69 Å². The van der Waals surface area contributed by atoms with Crippen LogP contribution in [0.3, 0.4) is 0 Å². The number of benzene rings is 2. The number of hydrogen-bond donors (Lipinski definition) is 1. The second-order valence-corrected chi connectivity index (χ2v) is 6.83. The molecule has 1 N–H and O–H groups in total. The van der Waals surface area contributed by atoms with E-state index in [9.17, 15) is 9.59 Å². The molecule has 2 aromatic rings. The van der Waals surface area contributed by atoms with Crippen molar-refractivity contribution in [1.29, 1.82) is 0 Å². The van der Waals surface area contributed by atoms with Gasteiger partial charge in [-0.2, -0.15) is 0 Å². The summed E-state index contributed by atoms with van der Waals surface area (Å²) in [6.45, 7) is 5.18. The van der Waals surface area contributed by atoms with E-state index in [0.717, 1.165) is 24.2 Å². The highest BCUT2D eigenvalue weighted by Crippen LogP contribution is 2.24. The van der Waals surface area contributed by atoms with Gasteiger partial charge in [0, 0.05) is 30.3 Å². The fraction of sp³-hybridized carbons (Fsp3) is 0.333. The Bertz CT molecular complexity index is 830. The molecule has 2 amide bonds. The number of methoxy groups -OCH3 is 1. The van der Waals surface area contributed by atoms with Crippen molar-refractivity contribution >= 4 is 17.5 Å². The van der Waals surface area contributed by atoms with Gasteiger partial charge in [-0.25, -0.2) is 0 Å². The molecule has 3 rings (SSSR count). The summed E-state index contributed by atoms with van der Waals surface area (Å²) in [6, 6.07) is 13.0. The highest BCUT2D eigenvalue weighted by atomic mass is 16.5. The van der Waals surface area contributed by atoms with Crippen LogP contribution in [0.5, 0.6) is 5.75 Å². The number of rotatable bonds is 4. The lowest BCUT2D eigenvalue weighted by Crippen LogP contribution is -2.38. The molecule has 26 heavy (non-hydrogen) atoms. The zero-order valence-electron chi connectivity index (χ0n) is 15.4. The number of fused-ring (bicyclic) bond motifs is 1. The molecule has 1 aliphatic heterocycles. The van der Waals surface area contributed by atoms with Crippen molar-refractivity contribution in [3.8, 4) is 5.75 Å². The van der Waals surface area contributed by atoms with Crippen molar-refractivity contribution in [3.05, 3.63) is 59.2 Å².